The number of benzene rings is 2. The SMILES string of the molecule is Cc1cccc([C@@H]2O[C@@H]3COC(c4ccccc4)O[C@H]3[C@H](O)[C@H]2O)c1. The molecule has 0 aromatic heterocycles. The third-order valence-electron chi connectivity index (χ3n) is 4.82. The number of aryl methyl sites for hydroxylation is 1. The van der Waals surface area contributed by atoms with Gasteiger partial charge in [-0.05, 0) is 12.5 Å². The van der Waals surface area contributed by atoms with Gasteiger partial charge in [0.15, 0.2) is 6.29 Å². The molecule has 2 aromatic rings. The lowest BCUT2D eigenvalue weighted by atomic mass is 9.90. The number of rotatable bonds is 2. The van der Waals surface area contributed by atoms with Crippen LogP contribution in [0.15, 0.2) is 54.6 Å². The summed E-state index contributed by atoms with van der Waals surface area (Å²) in [6.45, 7) is 2.28. The normalized spacial score (nSPS) is 35.2. The maximum absolute atomic E-state index is 10.6. The van der Waals surface area contributed by atoms with Gasteiger partial charge in [0.05, 0.1) is 6.61 Å². The van der Waals surface area contributed by atoms with Crippen LogP contribution in [0.1, 0.15) is 29.1 Å². The van der Waals surface area contributed by atoms with E-state index in [0.29, 0.717) is 6.61 Å². The van der Waals surface area contributed by atoms with Crippen molar-refractivity contribution in [2.45, 2.75) is 43.7 Å². The molecule has 2 aliphatic rings. The fourth-order valence-electron chi connectivity index (χ4n) is 3.51. The van der Waals surface area contributed by atoms with E-state index in [9.17, 15) is 10.2 Å². The smallest absolute Gasteiger partial charge is 0.184 e. The average molecular weight is 342 g/mol. The van der Waals surface area contributed by atoms with E-state index in [1.807, 2.05) is 61.5 Å². The minimum Gasteiger partial charge on any atom is -0.387 e. The fourth-order valence-corrected chi connectivity index (χ4v) is 3.51. The molecule has 132 valence electrons. The highest BCUT2D eigenvalue weighted by atomic mass is 16.7. The van der Waals surface area contributed by atoms with Crippen molar-refractivity contribution in [3.8, 4) is 0 Å². The molecule has 0 amide bonds. The number of aliphatic hydroxyl groups excluding tert-OH is 2. The Morgan fingerprint density at radius 2 is 1.64 bits per heavy atom. The summed E-state index contributed by atoms with van der Waals surface area (Å²) in [5.41, 5.74) is 2.80. The maximum atomic E-state index is 10.6. The second kappa shape index (κ2) is 6.86. The summed E-state index contributed by atoms with van der Waals surface area (Å²) < 4.78 is 17.7. The molecule has 2 saturated heterocycles. The molecule has 2 fully saturated rings. The number of aliphatic hydroxyl groups is 2. The lowest BCUT2D eigenvalue weighted by molar-refractivity contribution is -0.330. The Morgan fingerprint density at radius 1 is 0.880 bits per heavy atom. The van der Waals surface area contributed by atoms with Crippen molar-refractivity contribution in [1.82, 2.24) is 0 Å². The van der Waals surface area contributed by atoms with Crippen LogP contribution < -0.4 is 0 Å². The van der Waals surface area contributed by atoms with Gasteiger partial charge in [0.1, 0.15) is 30.5 Å². The molecule has 2 heterocycles. The highest BCUT2D eigenvalue weighted by Crippen LogP contribution is 2.39. The highest BCUT2D eigenvalue weighted by molar-refractivity contribution is 5.26. The zero-order valence-corrected chi connectivity index (χ0v) is 14.0. The molecule has 4 rings (SSSR count). The van der Waals surface area contributed by atoms with Crippen LogP contribution in [0.2, 0.25) is 0 Å². The van der Waals surface area contributed by atoms with Crippen LogP contribution in [-0.4, -0.2) is 41.2 Å². The van der Waals surface area contributed by atoms with Crippen LogP contribution in [0, 0.1) is 6.92 Å². The van der Waals surface area contributed by atoms with Crippen molar-refractivity contribution in [2.24, 2.45) is 0 Å². The Kier molecular flexibility index (Phi) is 4.58. The number of ether oxygens (including phenoxy) is 3. The monoisotopic (exact) mass is 342 g/mol. The van der Waals surface area contributed by atoms with Crippen LogP contribution in [0.25, 0.3) is 0 Å². The molecule has 5 nitrogen and oxygen atoms in total. The first kappa shape index (κ1) is 16.7. The van der Waals surface area contributed by atoms with Gasteiger partial charge >= 0.3 is 0 Å². The van der Waals surface area contributed by atoms with E-state index >= 15 is 0 Å². The van der Waals surface area contributed by atoms with Crippen molar-refractivity contribution in [3.05, 3.63) is 71.3 Å². The predicted octanol–water partition coefficient (Wildman–Crippen LogP) is 2.27. The molecule has 0 aliphatic carbocycles. The summed E-state index contributed by atoms with van der Waals surface area (Å²) >= 11 is 0. The van der Waals surface area contributed by atoms with Gasteiger partial charge in [-0.15, -0.1) is 0 Å². The number of hydrogen-bond donors (Lipinski definition) is 2. The van der Waals surface area contributed by atoms with E-state index in [1.165, 1.54) is 0 Å². The van der Waals surface area contributed by atoms with Crippen molar-refractivity contribution < 1.29 is 24.4 Å². The first-order valence-electron chi connectivity index (χ1n) is 8.53. The first-order valence-corrected chi connectivity index (χ1v) is 8.53. The van der Waals surface area contributed by atoms with E-state index in [4.69, 9.17) is 14.2 Å². The van der Waals surface area contributed by atoms with Crippen molar-refractivity contribution in [2.75, 3.05) is 6.61 Å². The van der Waals surface area contributed by atoms with E-state index in [1.54, 1.807) is 0 Å². The second-order valence-corrected chi connectivity index (χ2v) is 6.67. The highest BCUT2D eigenvalue weighted by Gasteiger charge is 2.49. The Labute approximate surface area is 146 Å². The van der Waals surface area contributed by atoms with Gasteiger partial charge in [0.25, 0.3) is 0 Å². The quantitative estimate of drug-likeness (QED) is 0.876. The summed E-state index contributed by atoms with van der Waals surface area (Å²) in [6.07, 6.45) is -4.32. The van der Waals surface area contributed by atoms with Gasteiger partial charge in [-0.1, -0.05) is 60.2 Å². The molecular formula is C20H22O5. The Morgan fingerprint density at radius 3 is 2.40 bits per heavy atom. The molecule has 2 N–H and O–H groups in total. The third kappa shape index (κ3) is 3.21. The van der Waals surface area contributed by atoms with E-state index < -0.39 is 36.8 Å². The van der Waals surface area contributed by atoms with Crippen LogP contribution in [0.5, 0.6) is 0 Å². The second-order valence-electron chi connectivity index (χ2n) is 6.67. The molecule has 6 atom stereocenters. The molecule has 0 radical (unpaired) electrons. The first-order chi connectivity index (χ1) is 12.1. The molecular weight excluding hydrogens is 320 g/mol. The topological polar surface area (TPSA) is 68.2 Å². The van der Waals surface area contributed by atoms with Gasteiger partial charge in [-0.3, -0.25) is 0 Å². The van der Waals surface area contributed by atoms with E-state index in [2.05, 4.69) is 0 Å². The lowest BCUT2D eigenvalue weighted by Crippen LogP contribution is -2.59. The van der Waals surface area contributed by atoms with Crippen LogP contribution in [-0.2, 0) is 14.2 Å². The lowest BCUT2D eigenvalue weighted by Gasteiger charge is -2.46. The molecule has 0 saturated carbocycles. The fraction of sp³-hybridized carbons (Fsp3) is 0.400. The van der Waals surface area contributed by atoms with Gasteiger partial charge in [0.2, 0.25) is 0 Å². The summed E-state index contributed by atoms with van der Waals surface area (Å²) in [4.78, 5) is 0. The molecule has 25 heavy (non-hydrogen) atoms. The van der Waals surface area contributed by atoms with Crippen LogP contribution in [0.4, 0.5) is 0 Å². The molecule has 2 aliphatic heterocycles. The third-order valence-corrected chi connectivity index (χ3v) is 4.82. The maximum Gasteiger partial charge on any atom is 0.184 e. The van der Waals surface area contributed by atoms with Gasteiger partial charge in [-0.2, -0.15) is 0 Å². The summed E-state index contributed by atoms with van der Waals surface area (Å²) in [6, 6.07) is 17.3. The van der Waals surface area contributed by atoms with Gasteiger partial charge in [-0.25, -0.2) is 0 Å². The van der Waals surface area contributed by atoms with E-state index in [0.717, 1.165) is 16.7 Å². The summed E-state index contributed by atoms with van der Waals surface area (Å²) in [5, 5.41) is 21.2. The van der Waals surface area contributed by atoms with Crippen LogP contribution >= 0.6 is 0 Å². The Hall–Kier alpha value is -1.76. The number of hydrogen-bond acceptors (Lipinski definition) is 5. The van der Waals surface area contributed by atoms with Gasteiger partial charge < -0.3 is 24.4 Å². The van der Waals surface area contributed by atoms with E-state index in [-0.39, 0.29) is 0 Å². The molecule has 5 heteroatoms. The summed E-state index contributed by atoms with van der Waals surface area (Å²) in [7, 11) is 0. The predicted molar refractivity (Wildman–Crippen MR) is 90.8 cm³/mol. The molecule has 0 bridgehead atoms. The standard InChI is InChI=1S/C20H22O5/c1-12-6-5-9-14(10-12)18-16(21)17(22)19-15(24-18)11-23-20(25-19)13-7-3-2-4-8-13/h2-10,15-22H,11H2,1H3/t15-,16-,17-,18+,19-,20?/m1/s1. The number of fused-ring (bicyclic) bond motifs is 1. The Bertz CT molecular complexity index is 717. The minimum absolute atomic E-state index is 0.302. The van der Waals surface area contributed by atoms with Gasteiger partial charge in [0, 0.05) is 5.56 Å². The zero-order chi connectivity index (χ0) is 17.4. The molecule has 1 unspecified atom stereocenters. The largest absolute Gasteiger partial charge is 0.387 e. The summed E-state index contributed by atoms with van der Waals surface area (Å²) in [5.74, 6) is 0. The Balaban J connectivity index is 1.53. The molecule has 2 aromatic carbocycles. The zero-order valence-electron chi connectivity index (χ0n) is 14.0. The molecule has 0 spiro atoms. The van der Waals surface area contributed by atoms with Crippen LogP contribution in [0.3, 0.4) is 0 Å². The average Bonchev–Trinajstić information content (AvgIpc) is 2.65. The minimum atomic E-state index is -1.06. The van der Waals surface area contributed by atoms with Crippen molar-refractivity contribution in [3.63, 3.8) is 0 Å². The van der Waals surface area contributed by atoms with Crippen molar-refractivity contribution >= 4 is 0 Å². The van der Waals surface area contributed by atoms with Crippen molar-refractivity contribution in [1.29, 1.82) is 0 Å².